The highest BCUT2D eigenvalue weighted by atomic mass is 35.5. The second-order valence-corrected chi connectivity index (χ2v) is 3.53. The molecule has 0 spiro atoms. The molecule has 15 heavy (non-hydrogen) atoms. The fourth-order valence-electron chi connectivity index (χ4n) is 1.26. The molecule has 0 saturated carbocycles. The van der Waals surface area contributed by atoms with E-state index in [1.165, 1.54) is 13.0 Å². The Labute approximate surface area is 89.3 Å². The Kier molecular flexibility index (Phi) is 3.44. The van der Waals surface area contributed by atoms with Crippen LogP contribution in [0.25, 0.3) is 0 Å². The molecule has 0 aromatic heterocycles. The zero-order chi connectivity index (χ0) is 11.6. The van der Waals surface area contributed by atoms with Crippen molar-refractivity contribution in [2.24, 2.45) is 5.92 Å². The summed E-state index contributed by atoms with van der Waals surface area (Å²) in [5.41, 5.74) is 0.290. The van der Waals surface area contributed by atoms with E-state index in [1.54, 1.807) is 0 Å². The first kappa shape index (κ1) is 12.1. The van der Waals surface area contributed by atoms with Gasteiger partial charge in [0.15, 0.2) is 0 Å². The van der Waals surface area contributed by atoms with Crippen LogP contribution in [0.3, 0.4) is 0 Å². The van der Waals surface area contributed by atoms with Gasteiger partial charge in [-0.2, -0.15) is 0 Å². The lowest BCUT2D eigenvalue weighted by atomic mass is 9.95. The van der Waals surface area contributed by atoms with Crippen molar-refractivity contribution in [2.45, 2.75) is 19.7 Å². The topological polar surface area (TPSA) is 26.3 Å². The number of allylic oxidation sites excluding steroid dienone is 4. The Bertz CT molecular complexity index is 331. The number of alkyl halides is 3. The van der Waals surface area contributed by atoms with Gasteiger partial charge < -0.3 is 4.74 Å². The molecule has 0 aromatic carbocycles. The lowest BCUT2D eigenvalue weighted by Crippen LogP contribution is -2.19. The van der Waals surface area contributed by atoms with Gasteiger partial charge in [0.25, 0.3) is 0 Å². The van der Waals surface area contributed by atoms with Gasteiger partial charge in [-0.1, -0.05) is 13.0 Å². The van der Waals surface area contributed by atoms with Crippen molar-refractivity contribution < 1.29 is 22.7 Å². The number of ether oxygens (including phenoxy) is 1. The van der Waals surface area contributed by atoms with Crippen LogP contribution in [0, 0.1) is 5.92 Å². The summed E-state index contributed by atoms with van der Waals surface area (Å²) >= 11 is 5.20. The van der Waals surface area contributed by atoms with Crippen molar-refractivity contribution in [3.05, 3.63) is 23.5 Å². The van der Waals surface area contributed by atoms with E-state index in [4.69, 9.17) is 11.6 Å². The van der Waals surface area contributed by atoms with E-state index in [0.717, 1.165) is 6.08 Å². The summed E-state index contributed by atoms with van der Waals surface area (Å²) in [6.07, 6.45) is -2.17. The Balaban J connectivity index is 2.80. The third kappa shape index (κ3) is 3.58. The lowest BCUT2D eigenvalue weighted by molar-refractivity contribution is -0.308. The standard InChI is InChI=1S/C9H8ClF3O2/c1-5-4-6(8(10)14)2-3-7(5)15-9(11,12)13/h2-3,5H,4H2,1H3. The van der Waals surface area contributed by atoms with Crippen LogP contribution < -0.4 is 0 Å². The maximum absolute atomic E-state index is 11.9. The van der Waals surface area contributed by atoms with Crippen LogP contribution in [0.15, 0.2) is 23.5 Å². The first-order chi connectivity index (χ1) is 6.79. The van der Waals surface area contributed by atoms with Crippen LogP contribution in [-0.4, -0.2) is 11.6 Å². The molecular formula is C9H8ClF3O2. The minimum absolute atomic E-state index is 0.157. The Morgan fingerprint density at radius 2 is 2.13 bits per heavy atom. The van der Waals surface area contributed by atoms with Crippen molar-refractivity contribution in [3.63, 3.8) is 0 Å². The van der Waals surface area contributed by atoms with E-state index < -0.39 is 17.5 Å². The van der Waals surface area contributed by atoms with E-state index in [1.807, 2.05) is 0 Å². The average Bonchev–Trinajstić information content (AvgIpc) is 2.05. The molecular weight excluding hydrogens is 233 g/mol. The maximum Gasteiger partial charge on any atom is 0.572 e. The molecule has 0 saturated heterocycles. The summed E-state index contributed by atoms with van der Waals surface area (Å²) in [5, 5.41) is -0.649. The highest BCUT2D eigenvalue weighted by Crippen LogP contribution is 2.31. The minimum Gasteiger partial charge on any atom is -0.410 e. The molecule has 1 unspecified atom stereocenters. The smallest absolute Gasteiger partial charge is 0.410 e. The molecule has 2 nitrogen and oxygen atoms in total. The van der Waals surface area contributed by atoms with Gasteiger partial charge in [-0.3, -0.25) is 4.79 Å². The number of halogens is 4. The van der Waals surface area contributed by atoms with Gasteiger partial charge in [-0.05, 0) is 24.1 Å². The number of hydrogen-bond donors (Lipinski definition) is 0. The first-order valence-electron chi connectivity index (χ1n) is 4.16. The van der Waals surface area contributed by atoms with Gasteiger partial charge in [0.1, 0.15) is 5.76 Å². The van der Waals surface area contributed by atoms with Crippen LogP contribution in [0.4, 0.5) is 13.2 Å². The Hall–Kier alpha value is -0.970. The van der Waals surface area contributed by atoms with Crippen LogP contribution in [0.2, 0.25) is 0 Å². The summed E-state index contributed by atoms with van der Waals surface area (Å²) < 4.78 is 39.5. The molecule has 0 fully saturated rings. The highest BCUT2D eigenvalue weighted by Gasteiger charge is 2.34. The fourth-order valence-corrected chi connectivity index (χ4v) is 1.40. The summed E-state index contributed by atoms with van der Waals surface area (Å²) in [7, 11) is 0. The molecule has 0 N–H and O–H groups in total. The second-order valence-electron chi connectivity index (χ2n) is 3.19. The van der Waals surface area contributed by atoms with E-state index in [2.05, 4.69) is 4.74 Å². The largest absolute Gasteiger partial charge is 0.572 e. The Morgan fingerprint density at radius 1 is 1.53 bits per heavy atom. The van der Waals surface area contributed by atoms with Crippen LogP contribution >= 0.6 is 11.6 Å². The van der Waals surface area contributed by atoms with Gasteiger partial charge in [-0.25, -0.2) is 0 Å². The van der Waals surface area contributed by atoms with Gasteiger partial charge in [0.05, 0.1) is 0 Å². The van der Waals surface area contributed by atoms with Crippen molar-refractivity contribution in [2.75, 3.05) is 0 Å². The molecule has 84 valence electrons. The molecule has 0 bridgehead atoms. The lowest BCUT2D eigenvalue weighted by Gasteiger charge is -2.21. The molecule has 0 aromatic rings. The second kappa shape index (κ2) is 4.26. The molecule has 0 heterocycles. The molecule has 1 atom stereocenters. The van der Waals surface area contributed by atoms with Crippen molar-refractivity contribution in [1.82, 2.24) is 0 Å². The van der Waals surface area contributed by atoms with Gasteiger partial charge >= 0.3 is 6.36 Å². The van der Waals surface area contributed by atoms with Crippen LogP contribution in [0.5, 0.6) is 0 Å². The summed E-state index contributed by atoms with van der Waals surface area (Å²) in [5.74, 6) is -0.710. The molecule has 0 radical (unpaired) electrons. The quantitative estimate of drug-likeness (QED) is 0.693. The molecule has 0 aliphatic heterocycles. The fraction of sp³-hybridized carbons (Fsp3) is 0.444. The summed E-state index contributed by atoms with van der Waals surface area (Å²) in [6.45, 7) is 1.53. The number of carbonyl (C=O) groups excluding carboxylic acids is 1. The minimum atomic E-state index is -4.70. The van der Waals surface area contributed by atoms with E-state index in [0.29, 0.717) is 5.57 Å². The van der Waals surface area contributed by atoms with Gasteiger partial charge in [0.2, 0.25) is 5.24 Å². The number of carbonyl (C=O) groups is 1. The zero-order valence-corrected chi connectivity index (χ0v) is 8.52. The molecule has 1 rings (SSSR count). The normalized spacial score (nSPS) is 21.8. The first-order valence-corrected chi connectivity index (χ1v) is 4.53. The van der Waals surface area contributed by atoms with Crippen LogP contribution in [-0.2, 0) is 9.53 Å². The summed E-state index contributed by atoms with van der Waals surface area (Å²) in [4.78, 5) is 10.7. The Morgan fingerprint density at radius 3 is 2.53 bits per heavy atom. The van der Waals surface area contributed by atoms with Crippen molar-refractivity contribution in [3.8, 4) is 0 Å². The SMILES string of the molecule is CC1CC(C(=O)Cl)=CC=C1OC(F)(F)F. The van der Waals surface area contributed by atoms with E-state index in [9.17, 15) is 18.0 Å². The van der Waals surface area contributed by atoms with Gasteiger partial charge in [0, 0.05) is 11.5 Å². The van der Waals surface area contributed by atoms with Crippen molar-refractivity contribution >= 4 is 16.8 Å². The van der Waals surface area contributed by atoms with E-state index >= 15 is 0 Å². The predicted octanol–water partition coefficient (Wildman–Crippen LogP) is 3.14. The third-order valence-electron chi connectivity index (χ3n) is 1.95. The number of hydrogen-bond acceptors (Lipinski definition) is 2. The zero-order valence-electron chi connectivity index (χ0n) is 7.77. The van der Waals surface area contributed by atoms with Crippen LogP contribution in [0.1, 0.15) is 13.3 Å². The predicted molar refractivity (Wildman–Crippen MR) is 47.9 cm³/mol. The number of rotatable bonds is 2. The molecule has 0 amide bonds. The molecule has 1 aliphatic carbocycles. The highest BCUT2D eigenvalue weighted by molar-refractivity contribution is 6.67. The average molecular weight is 241 g/mol. The summed E-state index contributed by atoms with van der Waals surface area (Å²) in [6, 6.07) is 0. The van der Waals surface area contributed by atoms with Crippen molar-refractivity contribution in [1.29, 1.82) is 0 Å². The third-order valence-corrected chi connectivity index (χ3v) is 2.19. The van der Waals surface area contributed by atoms with E-state index in [-0.39, 0.29) is 12.2 Å². The van der Waals surface area contributed by atoms with Gasteiger partial charge in [-0.15, -0.1) is 13.2 Å². The molecule has 6 heteroatoms. The maximum atomic E-state index is 11.9. The monoisotopic (exact) mass is 240 g/mol. The molecule has 1 aliphatic rings.